The van der Waals surface area contributed by atoms with Gasteiger partial charge < -0.3 is 10.1 Å². The maximum Gasteiger partial charge on any atom is 0.373 e. The highest BCUT2D eigenvalue weighted by Gasteiger charge is 2.24. The van der Waals surface area contributed by atoms with Crippen LogP contribution in [0.1, 0.15) is 0 Å². The van der Waals surface area contributed by atoms with Crippen molar-refractivity contribution in [1.82, 2.24) is 9.97 Å². The highest BCUT2D eigenvalue weighted by molar-refractivity contribution is 14.1. The van der Waals surface area contributed by atoms with Crippen molar-refractivity contribution in [2.45, 2.75) is 0 Å². The Morgan fingerprint density at radius 3 is 2.58 bits per heavy atom. The van der Waals surface area contributed by atoms with Crippen molar-refractivity contribution in [3.8, 4) is 11.6 Å². The van der Waals surface area contributed by atoms with Crippen molar-refractivity contribution < 1.29 is 9.66 Å². The Hall–Kier alpha value is -1.97. The lowest BCUT2D eigenvalue weighted by Crippen LogP contribution is -2.03. The molecular weight excluding hydrogens is 363 g/mol. The van der Waals surface area contributed by atoms with Crippen molar-refractivity contribution in [3.05, 3.63) is 44.3 Å². The zero-order valence-electron chi connectivity index (χ0n) is 9.83. The zero-order valence-corrected chi connectivity index (χ0v) is 12.0. The number of nitro groups is 1. The number of aromatic nitrogens is 2. The van der Waals surface area contributed by atoms with Gasteiger partial charge in [-0.25, -0.2) is 4.98 Å². The van der Waals surface area contributed by atoms with Gasteiger partial charge in [-0.05, 0) is 46.9 Å². The molecule has 19 heavy (non-hydrogen) atoms. The first-order valence-electron chi connectivity index (χ1n) is 5.22. The molecule has 0 amide bonds. The van der Waals surface area contributed by atoms with E-state index < -0.39 is 4.92 Å². The molecule has 0 saturated carbocycles. The van der Waals surface area contributed by atoms with E-state index in [2.05, 4.69) is 37.9 Å². The Labute approximate surface area is 122 Å². The summed E-state index contributed by atoms with van der Waals surface area (Å²) in [7, 11) is 1.55. The quantitative estimate of drug-likeness (QED) is 0.504. The number of rotatable bonds is 4. The molecule has 1 N–H and O–H groups in total. The molecule has 8 heteroatoms. The summed E-state index contributed by atoms with van der Waals surface area (Å²) in [6.07, 6.45) is 1.21. The van der Waals surface area contributed by atoms with Crippen LogP contribution in [0, 0.1) is 13.7 Å². The molecule has 0 atom stereocenters. The number of halogens is 1. The van der Waals surface area contributed by atoms with E-state index in [0.29, 0.717) is 5.75 Å². The van der Waals surface area contributed by atoms with Gasteiger partial charge in [-0.2, -0.15) is 4.98 Å². The maximum atomic E-state index is 11.1. The van der Waals surface area contributed by atoms with Gasteiger partial charge in [0.1, 0.15) is 12.1 Å². The number of hydrogen-bond donors (Lipinski definition) is 1. The Bertz CT molecular complexity index is 603. The number of hydrogen-bond acceptors (Lipinski definition) is 6. The standard InChI is InChI=1S/C11H9IN4O3/c1-13-10-9(16(17)18)11(15-6-14-10)19-8-4-2-7(12)3-5-8/h2-6H,1H3,(H,13,14,15). The summed E-state index contributed by atoms with van der Waals surface area (Å²) in [6, 6.07) is 7.10. The molecule has 98 valence electrons. The van der Waals surface area contributed by atoms with Crippen LogP contribution in [0.4, 0.5) is 11.5 Å². The molecule has 0 spiro atoms. The van der Waals surface area contributed by atoms with Crippen LogP contribution in [0.5, 0.6) is 11.6 Å². The molecule has 1 heterocycles. The first kappa shape index (κ1) is 13.5. The summed E-state index contributed by atoms with van der Waals surface area (Å²) < 4.78 is 6.47. The van der Waals surface area contributed by atoms with Crippen molar-refractivity contribution in [1.29, 1.82) is 0 Å². The van der Waals surface area contributed by atoms with Gasteiger partial charge >= 0.3 is 11.6 Å². The third kappa shape index (κ3) is 3.08. The third-order valence-corrected chi connectivity index (χ3v) is 2.96. The van der Waals surface area contributed by atoms with E-state index in [1.54, 1.807) is 19.2 Å². The van der Waals surface area contributed by atoms with E-state index >= 15 is 0 Å². The molecule has 2 aromatic rings. The predicted octanol–water partition coefficient (Wildman–Crippen LogP) is 2.82. The number of ether oxygens (including phenoxy) is 1. The van der Waals surface area contributed by atoms with E-state index in [1.807, 2.05) is 12.1 Å². The van der Waals surface area contributed by atoms with Crippen LogP contribution in [0.15, 0.2) is 30.6 Å². The molecule has 0 aliphatic heterocycles. The molecule has 0 aliphatic rings. The fraction of sp³-hybridized carbons (Fsp3) is 0.0909. The fourth-order valence-electron chi connectivity index (χ4n) is 1.40. The molecule has 0 fully saturated rings. The topological polar surface area (TPSA) is 90.2 Å². The monoisotopic (exact) mass is 372 g/mol. The highest BCUT2D eigenvalue weighted by Crippen LogP contribution is 2.33. The molecule has 0 saturated heterocycles. The number of benzene rings is 1. The van der Waals surface area contributed by atoms with Crippen molar-refractivity contribution >= 4 is 34.1 Å². The molecule has 1 aromatic carbocycles. The normalized spacial score (nSPS) is 10.0. The van der Waals surface area contributed by atoms with Crippen LogP contribution in [-0.2, 0) is 0 Å². The van der Waals surface area contributed by atoms with Crippen LogP contribution >= 0.6 is 22.6 Å². The van der Waals surface area contributed by atoms with Gasteiger partial charge in [-0.3, -0.25) is 10.1 Å². The van der Waals surface area contributed by atoms with Crippen LogP contribution in [0.25, 0.3) is 0 Å². The van der Waals surface area contributed by atoms with Crippen molar-refractivity contribution in [3.63, 3.8) is 0 Å². The zero-order chi connectivity index (χ0) is 13.8. The minimum atomic E-state index is -0.576. The first-order chi connectivity index (χ1) is 9.11. The van der Waals surface area contributed by atoms with Crippen molar-refractivity contribution in [2.75, 3.05) is 12.4 Å². The van der Waals surface area contributed by atoms with E-state index in [-0.39, 0.29) is 17.4 Å². The summed E-state index contributed by atoms with van der Waals surface area (Å²) in [5.74, 6) is 0.496. The van der Waals surface area contributed by atoms with Gasteiger partial charge in [0.15, 0.2) is 0 Å². The summed E-state index contributed by atoms with van der Waals surface area (Å²) in [5, 5.41) is 13.7. The lowest BCUT2D eigenvalue weighted by Gasteiger charge is -2.07. The Morgan fingerprint density at radius 2 is 2.00 bits per heavy atom. The largest absolute Gasteiger partial charge is 0.434 e. The van der Waals surface area contributed by atoms with Gasteiger partial charge in [0.2, 0.25) is 5.82 Å². The second-order valence-electron chi connectivity index (χ2n) is 3.44. The number of anilines is 1. The Kier molecular flexibility index (Phi) is 4.10. The van der Waals surface area contributed by atoms with E-state index in [4.69, 9.17) is 4.74 Å². The predicted molar refractivity (Wildman–Crippen MR) is 77.5 cm³/mol. The third-order valence-electron chi connectivity index (χ3n) is 2.24. The SMILES string of the molecule is CNc1ncnc(Oc2ccc(I)cc2)c1[N+](=O)[O-]. The maximum absolute atomic E-state index is 11.1. The Morgan fingerprint density at radius 1 is 1.32 bits per heavy atom. The van der Waals surface area contributed by atoms with Gasteiger partial charge in [0.05, 0.1) is 4.92 Å². The van der Waals surface area contributed by atoms with Crippen LogP contribution < -0.4 is 10.1 Å². The van der Waals surface area contributed by atoms with E-state index in [9.17, 15) is 10.1 Å². The second-order valence-corrected chi connectivity index (χ2v) is 4.68. The van der Waals surface area contributed by atoms with Gasteiger partial charge in [0, 0.05) is 10.6 Å². The molecule has 0 bridgehead atoms. The van der Waals surface area contributed by atoms with E-state index in [0.717, 1.165) is 3.57 Å². The van der Waals surface area contributed by atoms with E-state index in [1.165, 1.54) is 6.33 Å². The van der Waals surface area contributed by atoms with Gasteiger partial charge in [0.25, 0.3) is 0 Å². The number of nitrogens with zero attached hydrogens (tertiary/aromatic N) is 3. The molecule has 0 radical (unpaired) electrons. The van der Waals surface area contributed by atoms with Crippen LogP contribution in [-0.4, -0.2) is 21.9 Å². The average molecular weight is 372 g/mol. The molecule has 7 nitrogen and oxygen atoms in total. The minimum absolute atomic E-state index is 0.0921. The fourth-order valence-corrected chi connectivity index (χ4v) is 1.76. The number of nitrogens with one attached hydrogen (secondary N) is 1. The van der Waals surface area contributed by atoms with Gasteiger partial charge in [-0.1, -0.05) is 0 Å². The summed E-state index contributed by atoms with van der Waals surface area (Å²) in [6.45, 7) is 0. The average Bonchev–Trinajstić information content (AvgIpc) is 2.40. The summed E-state index contributed by atoms with van der Waals surface area (Å²) in [5.41, 5.74) is -0.288. The summed E-state index contributed by atoms with van der Waals surface area (Å²) in [4.78, 5) is 18.1. The lowest BCUT2D eigenvalue weighted by molar-refractivity contribution is -0.385. The highest BCUT2D eigenvalue weighted by atomic mass is 127. The minimum Gasteiger partial charge on any atom is -0.434 e. The summed E-state index contributed by atoms with van der Waals surface area (Å²) >= 11 is 2.16. The molecule has 1 aromatic heterocycles. The molecule has 0 unspecified atom stereocenters. The lowest BCUT2D eigenvalue weighted by atomic mass is 10.3. The molecule has 0 aliphatic carbocycles. The van der Waals surface area contributed by atoms with Crippen molar-refractivity contribution in [2.24, 2.45) is 0 Å². The van der Waals surface area contributed by atoms with Gasteiger partial charge in [-0.15, -0.1) is 0 Å². The molecular formula is C11H9IN4O3. The first-order valence-corrected chi connectivity index (χ1v) is 6.30. The Balaban J connectivity index is 2.39. The van der Waals surface area contributed by atoms with Crippen LogP contribution in [0.3, 0.4) is 0 Å². The molecule has 2 rings (SSSR count). The smallest absolute Gasteiger partial charge is 0.373 e. The van der Waals surface area contributed by atoms with Crippen LogP contribution in [0.2, 0.25) is 0 Å². The second kappa shape index (κ2) is 5.78.